The number of aryl methyl sites for hydroxylation is 1. The Hall–Kier alpha value is -2.71. The smallest absolute Gasteiger partial charge is 0.432 e. The summed E-state index contributed by atoms with van der Waals surface area (Å²) in [6.45, 7) is 1.94. The minimum absolute atomic E-state index is 0.0456. The molecule has 2 rings (SSSR count). The topological polar surface area (TPSA) is 76.9 Å². The van der Waals surface area contributed by atoms with Crippen LogP contribution < -0.4 is 21.3 Å². The van der Waals surface area contributed by atoms with Crippen molar-refractivity contribution >= 4 is 28.7 Å². The molecule has 0 aliphatic heterocycles. The first-order valence-electron chi connectivity index (χ1n) is 8.55. The molecule has 0 aromatic heterocycles. The number of hydrogen-bond acceptors (Lipinski definition) is 5. The summed E-state index contributed by atoms with van der Waals surface area (Å²) >= 11 is 6.26. The molecule has 0 amide bonds. The first-order chi connectivity index (χ1) is 13.5. The summed E-state index contributed by atoms with van der Waals surface area (Å²) in [6.07, 6.45) is -3.76. The van der Waals surface area contributed by atoms with Gasteiger partial charge in [-0.1, -0.05) is 17.7 Å². The van der Waals surface area contributed by atoms with Crippen LogP contribution in [0.25, 0.3) is 5.70 Å². The number of benzene rings is 2. The number of hydrogen-bond donors (Lipinski definition) is 2. The van der Waals surface area contributed by atoms with Crippen LogP contribution in [0.1, 0.15) is 16.7 Å². The number of halogens is 4. The van der Waals surface area contributed by atoms with E-state index in [1.54, 1.807) is 44.3 Å². The Morgan fingerprint density at radius 3 is 2.52 bits per heavy atom. The fourth-order valence-electron chi connectivity index (χ4n) is 2.67. The lowest BCUT2D eigenvalue weighted by Crippen LogP contribution is -2.26. The van der Waals surface area contributed by atoms with Gasteiger partial charge in [0.25, 0.3) is 0 Å². The van der Waals surface area contributed by atoms with Gasteiger partial charge in [-0.2, -0.15) is 13.2 Å². The average Bonchev–Trinajstić information content (AvgIpc) is 2.64. The molecule has 0 spiro atoms. The summed E-state index contributed by atoms with van der Waals surface area (Å²) < 4.78 is 44.4. The maximum absolute atomic E-state index is 12.8. The zero-order chi connectivity index (χ0) is 21.8. The van der Waals surface area contributed by atoms with Crippen LogP contribution in [0.4, 0.5) is 18.9 Å². The Kier molecular flexibility index (Phi) is 7.16. The molecule has 2 aromatic carbocycles. The van der Waals surface area contributed by atoms with E-state index < -0.39 is 11.9 Å². The number of hydrazine groups is 1. The first kappa shape index (κ1) is 22.6. The van der Waals surface area contributed by atoms with Crippen molar-refractivity contribution in [3.05, 3.63) is 64.2 Å². The Morgan fingerprint density at radius 1 is 1.28 bits per heavy atom. The zero-order valence-electron chi connectivity index (χ0n) is 16.2. The van der Waals surface area contributed by atoms with Crippen LogP contribution in [-0.4, -0.2) is 26.0 Å². The van der Waals surface area contributed by atoms with Crippen LogP contribution in [0.15, 0.2) is 47.5 Å². The van der Waals surface area contributed by atoms with Gasteiger partial charge in [0.1, 0.15) is 18.1 Å². The molecule has 0 bridgehead atoms. The number of anilines is 1. The number of alkyl halides is 3. The quantitative estimate of drug-likeness (QED) is 0.406. The number of aliphatic imine (C=N–C) groups is 1. The van der Waals surface area contributed by atoms with E-state index in [0.717, 1.165) is 24.4 Å². The van der Waals surface area contributed by atoms with E-state index in [0.29, 0.717) is 21.9 Å². The summed E-state index contributed by atoms with van der Waals surface area (Å²) in [4.78, 5) is 3.24. The van der Waals surface area contributed by atoms with Gasteiger partial charge >= 0.3 is 6.18 Å². The molecule has 0 heterocycles. The SMILES string of the molecule is CN=C(C=C(N)c1ccc(OCc2c(Cl)cccc2N(C)N)c(C)c1)C(F)(F)F. The fourth-order valence-corrected chi connectivity index (χ4v) is 2.89. The molecule has 2 aromatic rings. The molecule has 0 saturated carbocycles. The molecule has 29 heavy (non-hydrogen) atoms. The van der Waals surface area contributed by atoms with Gasteiger partial charge in [-0.15, -0.1) is 0 Å². The number of allylic oxidation sites excluding steroid dienone is 1. The van der Waals surface area contributed by atoms with Gasteiger partial charge in [0.15, 0.2) is 0 Å². The minimum Gasteiger partial charge on any atom is -0.488 e. The van der Waals surface area contributed by atoms with Crippen LogP contribution in [-0.2, 0) is 6.61 Å². The summed E-state index contributed by atoms with van der Waals surface area (Å²) in [6, 6.07) is 10.2. The lowest BCUT2D eigenvalue weighted by molar-refractivity contribution is -0.0577. The predicted octanol–water partition coefficient (Wildman–Crippen LogP) is 4.47. The standard InChI is InChI=1S/C20H22ClF3N4O/c1-12-9-13(16(25)10-19(27-2)20(22,23)24)7-8-18(12)29-11-14-15(21)5-4-6-17(14)28(3)26/h4-10H,11,25-26H2,1-3H3. The minimum atomic E-state index is -4.57. The van der Waals surface area contributed by atoms with E-state index >= 15 is 0 Å². The van der Waals surface area contributed by atoms with Crippen molar-refractivity contribution < 1.29 is 17.9 Å². The van der Waals surface area contributed by atoms with Gasteiger partial charge in [0.05, 0.1) is 5.69 Å². The van der Waals surface area contributed by atoms with E-state index in [9.17, 15) is 13.2 Å². The summed E-state index contributed by atoms with van der Waals surface area (Å²) in [7, 11) is 2.76. The highest BCUT2D eigenvalue weighted by Crippen LogP contribution is 2.29. The third kappa shape index (κ3) is 5.65. The van der Waals surface area contributed by atoms with E-state index in [1.807, 2.05) is 6.07 Å². The maximum atomic E-state index is 12.8. The van der Waals surface area contributed by atoms with Gasteiger partial charge in [-0.05, 0) is 54.5 Å². The molecule has 0 unspecified atom stereocenters. The summed E-state index contributed by atoms with van der Waals surface area (Å²) in [5.74, 6) is 6.37. The zero-order valence-corrected chi connectivity index (χ0v) is 17.0. The van der Waals surface area contributed by atoms with Gasteiger partial charge in [0, 0.05) is 30.4 Å². The average molecular weight is 427 g/mol. The van der Waals surface area contributed by atoms with Crippen molar-refractivity contribution in [3.63, 3.8) is 0 Å². The van der Waals surface area contributed by atoms with Crippen LogP contribution in [0.5, 0.6) is 5.75 Å². The normalized spacial score (nSPS) is 12.8. The van der Waals surface area contributed by atoms with Crippen LogP contribution in [0.3, 0.4) is 0 Å². The van der Waals surface area contributed by atoms with Crippen LogP contribution in [0, 0.1) is 6.92 Å². The third-order valence-corrected chi connectivity index (χ3v) is 4.53. The highest BCUT2D eigenvalue weighted by Gasteiger charge is 2.33. The van der Waals surface area contributed by atoms with Crippen molar-refractivity contribution in [2.45, 2.75) is 19.7 Å². The molecule has 0 radical (unpaired) electrons. The van der Waals surface area contributed by atoms with Crippen LogP contribution >= 0.6 is 11.6 Å². The van der Waals surface area contributed by atoms with Gasteiger partial charge in [-0.3, -0.25) is 4.99 Å². The second-order valence-electron chi connectivity index (χ2n) is 6.32. The molecular formula is C20H22ClF3N4O. The molecule has 0 saturated heterocycles. The monoisotopic (exact) mass is 426 g/mol. The van der Waals surface area contributed by atoms with Crippen molar-refractivity contribution in [1.29, 1.82) is 0 Å². The summed E-state index contributed by atoms with van der Waals surface area (Å²) in [5, 5.41) is 1.96. The molecule has 0 fully saturated rings. The largest absolute Gasteiger partial charge is 0.488 e. The second-order valence-corrected chi connectivity index (χ2v) is 6.73. The molecule has 0 aliphatic rings. The van der Waals surface area contributed by atoms with Crippen molar-refractivity contribution in [2.24, 2.45) is 16.6 Å². The van der Waals surface area contributed by atoms with Gasteiger partial charge < -0.3 is 15.5 Å². The highest BCUT2D eigenvalue weighted by atomic mass is 35.5. The predicted molar refractivity (Wildman–Crippen MR) is 111 cm³/mol. The summed E-state index contributed by atoms with van der Waals surface area (Å²) in [5.41, 5.74) is 7.30. The second kappa shape index (κ2) is 9.19. The van der Waals surface area contributed by atoms with Crippen molar-refractivity contribution in [1.82, 2.24) is 0 Å². The fraction of sp³-hybridized carbons (Fsp3) is 0.250. The number of nitrogens with zero attached hydrogens (tertiary/aromatic N) is 2. The number of ether oxygens (including phenoxy) is 1. The van der Waals surface area contributed by atoms with E-state index in [1.165, 1.54) is 5.01 Å². The highest BCUT2D eigenvalue weighted by molar-refractivity contribution is 6.31. The lowest BCUT2D eigenvalue weighted by atomic mass is 10.1. The molecule has 9 heteroatoms. The van der Waals surface area contributed by atoms with Crippen LogP contribution in [0.2, 0.25) is 5.02 Å². The van der Waals surface area contributed by atoms with E-state index in [2.05, 4.69) is 4.99 Å². The third-order valence-electron chi connectivity index (χ3n) is 4.18. The first-order valence-corrected chi connectivity index (χ1v) is 8.93. The van der Waals surface area contributed by atoms with Gasteiger partial charge in [-0.25, -0.2) is 5.84 Å². The Labute approximate surface area is 172 Å². The maximum Gasteiger partial charge on any atom is 0.432 e. The Bertz CT molecular complexity index is 940. The Balaban J connectivity index is 2.23. The lowest BCUT2D eigenvalue weighted by Gasteiger charge is -2.19. The molecular weight excluding hydrogens is 405 g/mol. The van der Waals surface area contributed by atoms with Gasteiger partial charge in [0.2, 0.25) is 0 Å². The molecule has 156 valence electrons. The Morgan fingerprint density at radius 2 is 1.97 bits per heavy atom. The molecule has 0 aliphatic carbocycles. The van der Waals surface area contributed by atoms with Crippen molar-refractivity contribution in [2.75, 3.05) is 19.1 Å². The van der Waals surface area contributed by atoms with E-state index in [4.69, 9.17) is 27.9 Å². The molecule has 4 N–H and O–H groups in total. The number of rotatable bonds is 6. The molecule has 0 atom stereocenters. The van der Waals surface area contributed by atoms with Crippen molar-refractivity contribution in [3.8, 4) is 5.75 Å². The number of nitrogens with two attached hydrogens (primary N) is 2. The van der Waals surface area contributed by atoms with E-state index in [-0.39, 0.29) is 12.3 Å². The molecule has 5 nitrogen and oxygen atoms in total.